The van der Waals surface area contributed by atoms with Gasteiger partial charge in [0.25, 0.3) is 0 Å². The number of fused-ring (bicyclic) bond motifs is 1. The number of para-hydroxylation sites is 1. The van der Waals surface area contributed by atoms with Gasteiger partial charge in [-0.2, -0.15) is 0 Å². The zero-order chi connectivity index (χ0) is 13.8. The summed E-state index contributed by atoms with van der Waals surface area (Å²) in [5.74, 6) is 1.54. The van der Waals surface area contributed by atoms with Gasteiger partial charge in [-0.15, -0.1) is 0 Å². The molecule has 2 N–H and O–H groups in total. The van der Waals surface area contributed by atoms with Crippen molar-refractivity contribution in [2.75, 3.05) is 6.61 Å². The standard InChI is InChI=1S/C17H20N2O/c18-15(11-13-5-8-19-9-6-13)12-14-7-10-20-17-4-2-1-3-16(14)17/h1-6,8-9,14-15H,7,10-12,18H2. The van der Waals surface area contributed by atoms with Crippen LogP contribution < -0.4 is 10.5 Å². The van der Waals surface area contributed by atoms with Crippen molar-refractivity contribution in [1.82, 2.24) is 4.98 Å². The zero-order valence-corrected chi connectivity index (χ0v) is 11.5. The molecule has 3 heteroatoms. The molecule has 0 fully saturated rings. The lowest BCUT2D eigenvalue weighted by molar-refractivity contribution is 0.259. The summed E-state index contributed by atoms with van der Waals surface area (Å²) in [6.45, 7) is 0.795. The van der Waals surface area contributed by atoms with Crippen molar-refractivity contribution in [2.24, 2.45) is 5.73 Å². The van der Waals surface area contributed by atoms with Crippen LogP contribution in [-0.4, -0.2) is 17.6 Å². The number of benzene rings is 1. The summed E-state index contributed by atoms with van der Waals surface area (Å²) in [4.78, 5) is 4.04. The van der Waals surface area contributed by atoms with Crippen molar-refractivity contribution in [3.8, 4) is 5.75 Å². The fourth-order valence-electron chi connectivity index (χ4n) is 2.93. The maximum Gasteiger partial charge on any atom is 0.122 e. The molecular formula is C17H20N2O. The van der Waals surface area contributed by atoms with Gasteiger partial charge in [0.15, 0.2) is 0 Å². The second-order valence-electron chi connectivity index (χ2n) is 5.43. The molecule has 2 aromatic rings. The van der Waals surface area contributed by atoms with E-state index in [0.717, 1.165) is 31.6 Å². The predicted octanol–water partition coefficient (Wildman–Crippen LogP) is 2.91. The second-order valence-corrected chi connectivity index (χ2v) is 5.43. The smallest absolute Gasteiger partial charge is 0.122 e. The summed E-state index contributed by atoms with van der Waals surface area (Å²) >= 11 is 0. The van der Waals surface area contributed by atoms with Crippen LogP contribution in [0.3, 0.4) is 0 Å². The van der Waals surface area contributed by atoms with Crippen LogP contribution in [0.2, 0.25) is 0 Å². The van der Waals surface area contributed by atoms with Crippen LogP contribution in [0, 0.1) is 0 Å². The highest BCUT2D eigenvalue weighted by atomic mass is 16.5. The first-order chi connectivity index (χ1) is 9.83. The lowest BCUT2D eigenvalue weighted by atomic mass is 9.86. The summed E-state index contributed by atoms with van der Waals surface area (Å²) in [6.07, 6.45) is 6.61. The summed E-state index contributed by atoms with van der Waals surface area (Å²) in [5, 5.41) is 0. The minimum absolute atomic E-state index is 0.175. The molecule has 3 nitrogen and oxygen atoms in total. The molecule has 0 saturated carbocycles. The lowest BCUT2D eigenvalue weighted by Gasteiger charge is -2.27. The molecular weight excluding hydrogens is 248 g/mol. The minimum Gasteiger partial charge on any atom is -0.493 e. The summed E-state index contributed by atoms with van der Waals surface area (Å²) < 4.78 is 5.70. The van der Waals surface area contributed by atoms with Crippen LogP contribution in [0.15, 0.2) is 48.8 Å². The Morgan fingerprint density at radius 1 is 1.20 bits per heavy atom. The van der Waals surface area contributed by atoms with Gasteiger partial charge in [-0.1, -0.05) is 18.2 Å². The number of pyridine rings is 1. The van der Waals surface area contributed by atoms with E-state index < -0.39 is 0 Å². The molecule has 2 atom stereocenters. The average molecular weight is 268 g/mol. The fraction of sp³-hybridized carbons (Fsp3) is 0.353. The van der Waals surface area contributed by atoms with Gasteiger partial charge in [0.05, 0.1) is 6.61 Å². The highest BCUT2D eigenvalue weighted by Gasteiger charge is 2.23. The third kappa shape index (κ3) is 2.99. The molecule has 0 bridgehead atoms. The van der Waals surface area contributed by atoms with Crippen LogP contribution in [-0.2, 0) is 6.42 Å². The molecule has 0 saturated heterocycles. The monoisotopic (exact) mass is 268 g/mol. The Balaban J connectivity index is 1.66. The molecule has 0 aliphatic carbocycles. The predicted molar refractivity (Wildman–Crippen MR) is 79.8 cm³/mol. The minimum atomic E-state index is 0.175. The van der Waals surface area contributed by atoms with E-state index >= 15 is 0 Å². The highest BCUT2D eigenvalue weighted by molar-refractivity contribution is 5.37. The first kappa shape index (κ1) is 13.1. The van der Waals surface area contributed by atoms with Gasteiger partial charge in [0.2, 0.25) is 0 Å². The molecule has 20 heavy (non-hydrogen) atoms. The Morgan fingerprint density at radius 2 is 2.00 bits per heavy atom. The van der Waals surface area contributed by atoms with Crippen molar-refractivity contribution >= 4 is 0 Å². The largest absolute Gasteiger partial charge is 0.493 e. The maximum atomic E-state index is 6.33. The average Bonchev–Trinajstić information content (AvgIpc) is 2.48. The van der Waals surface area contributed by atoms with Crippen LogP contribution in [0.1, 0.15) is 29.9 Å². The third-order valence-electron chi connectivity index (χ3n) is 3.92. The Labute approximate surface area is 119 Å². The number of aromatic nitrogens is 1. The molecule has 1 aliphatic rings. The van der Waals surface area contributed by atoms with Crippen LogP contribution in [0.5, 0.6) is 5.75 Å². The molecule has 2 unspecified atom stereocenters. The number of ether oxygens (including phenoxy) is 1. The van der Waals surface area contributed by atoms with Crippen molar-refractivity contribution < 1.29 is 4.74 Å². The molecule has 1 aromatic heterocycles. The van der Waals surface area contributed by atoms with Gasteiger partial charge in [-0.25, -0.2) is 0 Å². The Bertz CT molecular complexity index is 556. The zero-order valence-electron chi connectivity index (χ0n) is 11.5. The molecule has 0 spiro atoms. The topological polar surface area (TPSA) is 48.1 Å². The van der Waals surface area contributed by atoms with E-state index in [4.69, 9.17) is 10.5 Å². The van der Waals surface area contributed by atoms with Gasteiger partial charge in [0, 0.05) is 18.4 Å². The van der Waals surface area contributed by atoms with Gasteiger partial charge in [-0.3, -0.25) is 4.98 Å². The number of rotatable bonds is 4. The molecule has 2 heterocycles. The van der Waals surface area contributed by atoms with Gasteiger partial charge < -0.3 is 10.5 Å². The Hall–Kier alpha value is -1.87. The molecule has 3 rings (SSSR count). The normalized spacial score (nSPS) is 18.9. The number of hydrogen-bond donors (Lipinski definition) is 1. The number of hydrogen-bond acceptors (Lipinski definition) is 3. The fourth-order valence-corrected chi connectivity index (χ4v) is 2.93. The molecule has 104 valence electrons. The molecule has 0 radical (unpaired) electrons. The molecule has 1 aromatic carbocycles. The van der Waals surface area contributed by atoms with E-state index in [1.54, 1.807) is 0 Å². The first-order valence-corrected chi connectivity index (χ1v) is 7.19. The number of nitrogens with zero attached hydrogens (tertiary/aromatic N) is 1. The SMILES string of the molecule is NC(Cc1ccncc1)CC1CCOc2ccccc21. The van der Waals surface area contributed by atoms with E-state index in [0.29, 0.717) is 5.92 Å². The first-order valence-electron chi connectivity index (χ1n) is 7.19. The van der Waals surface area contributed by atoms with Crippen molar-refractivity contribution in [3.05, 3.63) is 59.9 Å². The summed E-state index contributed by atoms with van der Waals surface area (Å²) in [6, 6.07) is 12.6. The van der Waals surface area contributed by atoms with E-state index in [1.165, 1.54) is 11.1 Å². The maximum absolute atomic E-state index is 6.33. The highest BCUT2D eigenvalue weighted by Crippen LogP contribution is 2.36. The quantitative estimate of drug-likeness (QED) is 0.927. The van der Waals surface area contributed by atoms with Crippen LogP contribution >= 0.6 is 0 Å². The van der Waals surface area contributed by atoms with Gasteiger partial charge in [-0.05, 0) is 54.5 Å². The lowest BCUT2D eigenvalue weighted by Crippen LogP contribution is -2.27. The molecule has 1 aliphatic heterocycles. The van der Waals surface area contributed by atoms with Crippen molar-refractivity contribution in [3.63, 3.8) is 0 Å². The van der Waals surface area contributed by atoms with Crippen molar-refractivity contribution in [2.45, 2.75) is 31.2 Å². The third-order valence-corrected chi connectivity index (χ3v) is 3.92. The van der Waals surface area contributed by atoms with E-state index in [9.17, 15) is 0 Å². The Morgan fingerprint density at radius 3 is 2.85 bits per heavy atom. The molecule has 0 amide bonds. The summed E-state index contributed by atoms with van der Waals surface area (Å²) in [7, 11) is 0. The van der Waals surface area contributed by atoms with Crippen LogP contribution in [0.4, 0.5) is 0 Å². The van der Waals surface area contributed by atoms with Gasteiger partial charge >= 0.3 is 0 Å². The van der Waals surface area contributed by atoms with E-state index in [2.05, 4.69) is 23.2 Å². The summed E-state index contributed by atoms with van der Waals surface area (Å²) in [5.41, 5.74) is 8.90. The van der Waals surface area contributed by atoms with Crippen molar-refractivity contribution in [1.29, 1.82) is 0 Å². The Kier molecular flexibility index (Phi) is 3.97. The van der Waals surface area contributed by atoms with Gasteiger partial charge in [0.1, 0.15) is 5.75 Å². The second kappa shape index (κ2) is 6.06. The van der Waals surface area contributed by atoms with E-state index in [1.807, 2.05) is 30.6 Å². The van der Waals surface area contributed by atoms with E-state index in [-0.39, 0.29) is 6.04 Å². The van der Waals surface area contributed by atoms with Crippen LogP contribution in [0.25, 0.3) is 0 Å². The number of nitrogens with two attached hydrogens (primary N) is 1.